The lowest BCUT2D eigenvalue weighted by Crippen LogP contribution is -2.26. The highest BCUT2D eigenvalue weighted by Crippen LogP contribution is 2.31. The van der Waals surface area contributed by atoms with Gasteiger partial charge in [-0.1, -0.05) is 48.7 Å². The molecule has 0 spiro atoms. The molecule has 1 fully saturated rings. The summed E-state index contributed by atoms with van der Waals surface area (Å²) in [7, 11) is 0. The molecular weight excluding hydrogens is 379 g/mol. The largest absolute Gasteiger partial charge is 0.477 e. The first kappa shape index (κ1) is 19.0. The standard InChI is InChI=1S/C22H22ClFN2O2/c23-17-9-4-1-6-14(17)13-26-19-11-5-10-18(24)20(19)16(21(26)22(27)28)12-25-15-7-2-3-8-15/h1,4-6,9-11,15,25H,2-3,7-8,12-13H2,(H,27,28). The maximum atomic E-state index is 14.8. The normalized spacial score (nSPS) is 14.8. The molecule has 4 rings (SSSR count). The van der Waals surface area contributed by atoms with Crippen LogP contribution in [0.1, 0.15) is 47.3 Å². The molecule has 1 heterocycles. The van der Waals surface area contributed by atoms with E-state index in [1.807, 2.05) is 18.2 Å². The number of carboxylic acids is 1. The maximum Gasteiger partial charge on any atom is 0.352 e. The number of hydrogen-bond acceptors (Lipinski definition) is 2. The van der Waals surface area contributed by atoms with Crippen molar-refractivity contribution < 1.29 is 14.3 Å². The van der Waals surface area contributed by atoms with E-state index in [2.05, 4.69) is 5.32 Å². The fourth-order valence-electron chi connectivity index (χ4n) is 4.19. The number of aromatic nitrogens is 1. The molecule has 0 unspecified atom stereocenters. The number of fused-ring (bicyclic) bond motifs is 1. The molecule has 0 aliphatic heterocycles. The Bertz CT molecular complexity index is 1020. The van der Waals surface area contributed by atoms with E-state index in [1.165, 1.54) is 18.9 Å². The van der Waals surface area contributed by atoms with E-state index in [0.29, 0.717) is 34.1 Å². The number of aromatic carboxylic acids is 1. The third-order valence-corrected chi connectivity index (χ3v) is 5.92. The zero-order valence-corrected chi connectivity index (χ0v) is 16.2. The second kappa shape index (κ2) is 7.94. The van der Waals surface area contributed by atoms with Crippen LogP contribution < -0.4 is 5.32 Å². The molecule has 0 bridgehead atoms. The lowest BCUT2D eigenvalue weighted by Gasteiger charge is -2.13. The minimum absolute atomic E-state index is 0.116. The molecule has 1 saturated carbocycles. The molecule has 28 heavy (non-hydrogen) atoms. The number of benzene rings is 2. The van der Waals surface area contributed by atoms with Crippen molar-refractivity contribution >= 4 is 28.5 Å². The van der Waals surface area contributed by atoms with Gasteiger partial charge in [-0.05, 0) is 36.6 Å². The van der Waals surface area contributed by atoms with E-state index >= 15 is 0 Å². The lowest BCUT2D eigenvalue weighted by atomic mass is 10.1. The van der Waals surface area contributed by atoms with Crippen LogP contribution in [0.15, 0.2) is 42.5 Å². The van der Waals surface area contributed by atoms with Gasteiger partial charge in [0.05, 0.1) is 5.52 Å². The van der Waals surface area contributed by atoms with Gasteiger partial charge in [-0.2, -0.15) is 0 Å². The summed E-state index contributed by atoms with van der Waals surface area (Å²) in [5.74, 6) is -1.47. The van der Waals surface area contributed by atoms with Gasteiger partial charge in [0.1, 0.15) is 11.5 Å². The average Bonchev–Trinajstić information content (AvgIpc) is 3.29. The molecule has 0 radical (unpaired) electrons. The molecule has 2 aromatic carbocycles. The van der Waals surface area contributed by atoms with Crippen LogP contribution in [0.2, 0.25) is 5.02 Å². The van der Waals surface area contributed by atoms with E-state index in [9.17, 15) is 14.3 Å². The van der Waals surface area contributed by atoms with Crippen LogP contribution in [0.25, 0.3) is 10.9 Å². The fraction of sp³-hybridized carbons (Fsp3) is 0.318. The van der Waals surface area contributed by atoms with E-state index in [4.69, 9.17) is 11.6 Å². The Morgan fingerprint density at radius 3 is 2.64 bits per heavy atom. The van der Waals surface area contributed by atoms with Crippen molar-refractivity contribution in [2.24, 2.45) is 0 Å². The van der Waals surface area contributed by atoms with E-state index < -0.39 is 11.8 Å². The van der Waals surface area contributed by atoms with Crippen LogP contribution in [-0.2, 0) is 13.1 Å². The molecule has 0 atom stereocenters. The SMILES string of the molecule is O=C(O)c1c(CNC2CCCC2)c2c(F)cccc2n1Cc1ccccc1Cl. The zero-order chi connectivity index (χ0) is 19.7. The van der Waals surface area contributed by atoms with Crippen molar-refractivity contribution in [3.63, 3.8) is 0 Å². The van der Waals surface area contributed by atoms with Gasteiger partial charge in [-0.3, -0.25) is 0 Å². The molecule has 1 aliphatic carbocycles. The molecule has 3 aromatic rings. The highest BCUT2D eigenvalue weighted by Gasteiger charge is 2.26. The molecule has 0 saturated heterocycles. The summed E-state index contributed by atoms with van der Waals surface area (Å²) in [6.45, 7) is 0.601. The quantitative estimate of drug-likeness (QED) is 0.597. The van der Waals surface area contributed by atoms with Crippen LogP contribution >= 0.6 is 11.6 Å². The first-order chi connectivity index (χ1) is 13.6. The van der Waals surface area contributed by atoms with Crippen molar-refractivity contribution in [1.82, 2.24) is 9.88 Å². The first-order valence-electron chi connectivity index (χ1n) is 9.56. The Morgan fingerprint density at radius 2 is 1.93 bits per heavy atom. The number of nitrogens with zero attached hydrogens (tertiary/aromatic N) is 1. The third kappa shape index (κ3) is 3.52. The number of hydrogen-bond donors (Lipinski definition) is 2. The van der Waals surface area contributed by atoms with Gasteiger partial charge in [-0.15, -0.1) is 0 Å². The summed E-state index contributed by atoms with van der Waals surface area (Å²) in [4.78, 5) is 12.2. The lowest BCUT2D eigenvalue weighted by molar-refractivity contribution is 0.0684. The van der Waals surface area contributed by atoms with Crippen LogP contribution in [0.4, 0.5) is 4.39 Å². The second-order valence-corrected chi connectivity index (χ2v) is 7.71. The third-order valence-electron chi connectivity index (χ3n) is 5.55. The summed E-state index contributed by atoms with van der Waals surface area (Å²) in [5, 5.41) is 14.3. The molecule has 146 valence electrons. The van der Waals surface area contributed by atoms with E-state index in [-0.39, 0.29) is 12.2 Å². The Balaban J connectivity index is 1.83. The minimum Gasteiger partial charge on any atom is -0.477 e. The smallest absolute Gasteiger partial charge is 0.352 e. The Morgan fingerprint density at radius 1 is 1.18 bits per heavy atom. The molecule has 1 aliphatic rings. The van der Waals surface area contributed by atoms with Crippen LogP contribution in [0, 0.1) is 5.82 Å². The summed E-state index contributed by atoms with van der Waals surface area (Å²) in [6.07, 6.45) is 4.49. The monoisotopic (exact) mass is 400 g/mol. The molecular formula is C22H22ClFN2O2. The Kier molecular flexibility index (Phi) is 5.38. The van der Waals surface area contributed by atoms with E-state index in [0.717, 1.165) is 18.4 Å². The first-order valence-corrected chi connectivity index (χ1v) is 9.93. The number of rotatable bonds is 6. The highest BCUT2D eigenvalue weighted by molar-refractivity contribution is 6.31. The number of nitrogens with one attached hydrogen (secondary N) is 1. The minimum atomic E-state index is -1.06. The second-order valence-electron chi connectivity index (χ2n) is 7.31. The van der Waals surface area contributed by atoms with Crippen molar-refractivity contribution in [3.8, 4) is 0 Å². The van der Waals surface area contributed by atoms with Crippen LogP contribution in [0.5, 0.6) is 0 Å². The Hall–Kier alpha value is -2.37. The maximum absolute atomic E-state index is 14.8. The summed E-state index contributed by atoms with van der Waals surface area (Å²) in [5.41, 5.74) is 1.98. The van der Waals surface area contributed by atoms with Gasteiger partial charge >= 0.3 is 5.97 Å². The van der Waals surface area contributed by atoms with Gasteiger partial charge < -0.3 is 15.0 Å². The molecule has 6 heteroatoms. The van der Waals surface area contributed by atoms with Crippen molar-refractivity contribution in [2.45, 2.75) is 44.8 Å². The highest BCUT2D eigenvalue weighted by atomic mass is 35.5. The number of carbonyl (C=O) groups is 1. The van der Waals surface area contributed by atoms with Gasteiger partial charge in [0, 0.05) is 35.1 Å². The molecule has 0 amide bonds. The summed E-state index contributed by atoms with van der Waals surface area (Å²) in [6, 6.07) is 12.4. The van der Waals surface area contributed by atoms with Gasteiger partial charge in [0.25, 0.3) is 0 Å². The van der Waals surface area contributed by atoms with Gasteiger partial charge in [0.2, 0.25) is 0 Å². The molecule has 4 nitrogen and oxygen atoms in total. The predicted octanol–water partition coefficient (Wildman–Crippen LogP) is 5.21. The fourth-order valence-corrected chi connectivity index (χ4v) is 4.39. The predicted molar refractivity (Wildman–Crippen MR) is 109 cm³/mol. The summed E-state index contributed by atoms with van der Waals surface area (Å²) >= 11 is 6.30. The van der Waals surface area contributed by atoms with Crippen molar-refractivity contribution in [2.75, 3.05) is 0 Å². The molecule has 1 aromatic heterocycles. The summed E-state index contributed by atoms with van der Waals surface area (Å²) < 4.78 is 16.4. The average molecular weight is 401 g/mol. The van der Waals surface area contributed by atoms with Crippen LogP contribution in [0.3, 0.4) is 0 Å². The van der Waals surface area contributed by atoms with E-state index in [1.54, 1.807) is 22.8 Å². The zero-order valence-electron chi connectivity index (χ0n) is 15.4. The van der Waals surface area contributed by atoms with Gasteiger partial charge in [-0.25, -0.2) is 9.18 Å². The van der Waals surface area contributed by atoms with Crippen molar-refractivity contribution in [3.05, 3.63) is 70.1 Å². The Labute approximate surface area is 167 Å². The van der Waals surface area contributed by atoms with Crippen LogP contribution in [-0.4, -0.2) is 21.7 Å². The van der Waals surface area contributed by atoms with Crippen molar-refractivity contribution in [1.29, 1.82) is 0 Å². The van der Waals surface area contributed by atoms with Gasteiger partial charge in [0.15, 0.2) is 0 Å². The topological polar surface area (TPSA) is 54.3 Å². The molecule has 2 N–H and O–H groups in total. The number of halogens is 2. The number of carboxylic acid groups (broad SMARTS) is 1.